The number of likely N-dealkylation sites (tertiary alicyclic amines) is 1. The van der Waals surface area contributed by atoms with Gasteiger partial charge < -0.3 is 10.0 Å². The summed E-state index contributed by atoms with van der Waals surface area (Å²) in [6.45, 7) is 1.11. The average Bonchev–Trinajstić information content (AvgIpc) is 3.41. The van der Waals surface area contributed by atoms with Crippen molar-refractivity contribution >= 4 is 21.9 Å². The van der Waals surface area contributed by atoms with Gasteiger partial charge in [-0.1, -0.05) is 54.6 Å². The number of halogens is 3. The number of carboxylic acids is 1. The van der Waals surface area contributed by atoms with Crippen LogP contribution in [0.5, 0.6) is 0 Å². The Bertz CT molecular complexity index is 1420. The van der Waals surface area contributed by atoms with E-state index < -0.39 is 27.7 Å². The fourth-order valence-corrected chi connectivity index (χ4v) is 6.82. The predicted molar refractivity (Wildman–Crippen MR) is 130 cm³/mol. The third-order valence-electron chi connectivity index (χ3n) is 6.52. The molecule has 2 aliphatic rings. The third-order valence-corrected chi connectivity index (χ3v) is 8.49. The molecule has 1 N–H and O–H groups in total. The van der Waals surface area contributed by atoms with Gasteiger partial charge in [-0.05, 0) is 35.2 Å². The molecule has 2 aromatic carbocycles. The molecule has 1 aromatic heterocycles. The zero-order valence-corrected chi connectivity index (χ0v) is 20.8. The zero-order valence-electron chi connectivity index (χ0n) is 20.0. The molecule has 0 saturated carbocycles. The molecule has 1 amide bonds. The predicted octanol–water partition coefficient (Wildman–Crippen LogP) is 3.59. The topological polar surface area (TPSA) is 108 Å². The second kappa shape index (κ2) is 10.5. The van der Waals surface area contributed by atoms with Crippen molar-refractivity contribution in [1.82, 2.24) is 14.2 Å². The van der Waals surface area contributed by atoms with Gasteiger partial charge in [0.15, 0.2) is 0 Å². The van der Waals surface area contributed by atoms with Gasteiger partial charge in [-0.15, -0.1) is 0 Å². The number of pyridine rings is 1. The summed E-state index contributed by atoms with van der Waals surface area (Å²) in [6, 6.07) is 20.5. The first kappa shape index (κ1) is 27.3. The minimum Gasteiger partial charge on any atom is -0.475 e. The Morgan fingerprint density at radius 3 is 2.24 bits per heavy atom. The van der Waals surface area contributed by atoms with Gasteiger partial charge in [-0.25, -0.2) is 13.2 Å². The third kappa shape index (κ3) is 5.41. The molecule has 200 valence electrons. The van der Waals surface area contributed by atoms with Crippen LogP contribution in [-0.4, -0.2) is 58.9 Å². The highest BCUT2D eigenvalue weighted by Crippen LogP contribution is 2.50. The van der Waals surface area contributed by atoms with Gasteiger partial charge in [-0.2, -0.15) is 17.5 Å². The molecule has 0 aliphatic carbocycles. The fourth-order valence-electron chi connectivity index (χ4n) is 4.77. The first-order valence-corrected chi connectivity index (χ1v) is 13.0. The molecule has 8 nitrogen and oxygen atoms in total. The maximum atomic E-state index is 13.5. The zero-order chi connectivity index (χ0) is 27.6. The SMILES string of the molecule is O=C(Cc1ccccc1)N1CCC2(C1)c1ccccc1S(=O)(=O)N2Cc1cccnc1.O=C(O)C(F)(F)F. The average molecular weight is 548 g/mol. The standard InChI is InChI=1S/C24H23N3O3S.C2HF3O2/c28-23(15-19-7-2-1-3-8-19)26-14-12-24(18-26)21-10-4-5-11-22(21)31(29,30)27(24)17-20-9-6-13-25-16-20;3-2(4,5)1(6)7/h1-11,13,16H,12,14-15,17-18H2;(H,6,7). The lowest BCUT2D eigenvalue weighted by atomic mass is 9.88. The number of sulfonamides is 1. The molecule has 5 rings (SSSR count). The molecule has 38 heavy (non-hydrogen) atoms. The van der Waals surface area contributed by atoms with Crippen LogP contribution in [-0.2, 0) is 38.1 Å². The van der Waals surface area contributed by atoms with E-state index in [4.69, 9.17) is 9.90 Å². The van der Waals surface area contributed by atoms with Crippen molar-refractivity contribution in [3.63, 3.8) is 0 Å². The van der Waals surface area contributed by atoms with E-state index in [0.29, 0.717) is 30.8 Å². The first-order valence-electron chi connectivity index (χ1n) is 11.6. The highest BCUT2D eigenvalue weighted by Gasteiger charge is 2.57. The van der Waals surface area contributed by atoms with E-state index >= 15 is 0 Å². The quantitative estimate of drug-likeness (QED) is 0.535. The minimum atomic E-state index is -5.08. The lowest BCUT2D eigenvalue weighted by molar-refractivity contribution is -0.192. The molecular formula is C26H24F3N3O5S. The second-order valence-electron chi connectivity index (χ2n) is 8.93. The van der Waals surface area contributed by atoms with Crippen LogP contribution in [0.25, 0.3) is 0 Å². The summed E-state index contributed by atoms with van der Waals surface area (Å²) in [5.41, 5.74) is 1.82. The van der Waals surface area contributed by atoms with Crippen molar-refractivity contribution in [1.29, 1.82) is 0 Å². The number of carbonyl (C=O) groups is 2. The Hall–Kier alpha value is -3.77. The monoisotopic (exact) mass is 547 g/mol. The van der Waals surface area contributed by atoms with Crippen molar-refractivity contribution in [2.45, 2.75) is 36.0 Å². The molecule has 3 heterocycles. The van der Waals surface area contributed by atoms with Gasteiger partial charge in [-0.3, -0.25) is 9.78 Å². The summed E-state index contributed by atoms with van der Waals surface area (Å²) >= 11 is 0. The van der Waals surface area contributed by atoms with Crippen LogP contribution in [0.4, 0.5) is 13.2 Å². The minimum absolute atomic E-state index is 0.0196. The second-order valence-corrected chi connectivity index (χ2v) is 10.8. The van der Waals surface area contributed by atoms with Crippen LogP contribution in [0.15, 0.2) is 84.0 Å². The van der Waals surface area contributed by atoms with Crippen molar-refractivity contribution < 1.29 is 36.3 Å². The summed E-state index contributed by atoms with van der Waals surface area (Å²) in [5.74, 6) is -2.74. The van der Waals surface area contributed by atoms with Crippen LogP contribution in [0.1, 0.15) is 23.1 Å². The lowest BCUT2D eigenvalue weighted by Crippen LogP contribution is -2.46. The molecule has 0 bridgehead atoms. The highest BCUT2D eigenvalue weighted by molar-refractivity contribution is 7.89. The number of nitrogens with zero attached hydrogens (tertiary/aromatic N) is 3. The van der Waals surface area contributed by atoms with Crippen molar-refractivity contribution in [3.05, 3.63) is 95.8 Å². The molecule has 1 spiro atoms. The summed E-state index contributed by atoms with van der Waals surface area (Å²) < 4.78 is 60.4. The van der Waals surface area contributed by atoms with Crippen LogP contribution in [0, 0.1) is 0 Å². The van der Waals surface area contributed by atoms with E-state index in [0.717, 1.165) is 16.7 Å². The Morgan fingerprint density at radius 1 is 0.974 bits per heavy atom. The van der Waals surface area contributed by atoms with E-state index in [1.165, 1.54) is 0 Å². The van der Waals surface area contributed by atoms with Gasteiger partial charge >= 0.3 is 12.1 Å². The highest BCUT2D eigenvalue weighted by atomic mass is 32.2. The molecule has 1 fully saturated rings. The van der Waals surface area contributed by atoms with Crippen LogP contribution >= 0.6 is 0 Å². The molecule has 1 saturated heterocycles. The van der Waals surface area contributed by atoms with Crippen LogP contribution in [0.2, 0.25) is 0 Å². The van der Waals surface area contributed by atoms with E-state index in [9.17, 15) is 26.4 Å². The van der Waals surface area contributed by atoms with Crippen molar-refractivity contribution in [3.8, 4) is 0 Å². The van der Waals surface area contributed by atoms with Gasteiger partial charge in [0.2, 0.25) is 15.9 Å². The Morgan fingerprint density at radius 2 is 1.61 bits per heavy atom. The Balaban J connectivity index is 0.000000426. The summed E-state index contributed by atoms with van der Waals surface area (Å²) in [6.07, 6.45) is -0.830. The molecule has 2 aliphatic heterocycles. The van der Waals surface area contributed by atoms with Gasteiger partial charge in [0.05, 0.1) is 16.9 Å². The largest absolute Gasteiger partial charge is 0.490 e. The molecular weight excluding hydrogens is 523 g/mol. The van der Waals surface area contributed by atoms with Gasteiger partial charge in [0.25, 0.3) is 0 Å². The van der Waals surface area contributed by atoms with Gasteiger partial charge in [0.1, 0.15) is 0 Å². The number of carboxylic acid groups (broad SMARTS) is 1. The van der Waals surface area contributed by atoms with E-state index in [2.05, 4.69) is 4.98 Å². The molecule has 0 radical (unpaired) electrons. The smallest absolute Gasteiger partial charge is 0.475 e. The van der Waals surface area contributed by atoms with E-state index in [-0.39, 0.29) is 12.5 Å². The normalized spacial score (nSPS) is 20.0. The van der Waals surface area contributed by atoms with Crippen molar-refractivity contribution in [2.24, 2.45) is 0 Å². The number of aromatic nitrogens is 1. The molecule has 3 aromatic rings. The number of fused-ring (bicyclic) bond motifs is 2. The number of alkyl halides is 3. The van der Waals surface area contributed by atoms with Gasteiger partial charge in [0, 0.05) is 32.0 Å². The number of aliphatic carboxylic acids is 1. The number of hydrogen-bond acceptors (Lipinski definition) is 5. The first-order chi connectivity index (χ1) is 17.9. The number of rotatable bonds is 4. The number of amides is 1. The number of carbonyl (C=O) groups excluding carboxylic acids is 1. The number of benzene rings is 2. The maximum Gasteiger partial charge on any atom is 0.490 e. The maximum absolute atomic E-state index is 13.5. The van der Waals surface area contributed by atoms with Crippen LogP contribution in [0.3, 0.4) is 0 Å². The number of hydrogen-bond donors (Lipinski definition) is 1. The van der Waals surface area contributed by atoms with Crippen molar-refractivity contribution in [2.75, 3.05) is 13.1 Å². The fraction of sp³-hybridized carbons (Fsp3) is 0.269. The molecule has 12 heteroatoms. The Labute approximate surface area is 217 Å². The van der Waals surface area contributed by atoms with E-state index in [1.807, 2.05) is 54.6 Å². The molecule has 1 unspecified atom stereocenters. The summed E-state index contributed by atoms with van der Waals surface area (Å²) in [4.78, 5) is 28.2. The Kier molecular flexibility index (Phi) is 7.56. The van der Waals surface area contributed by atoms with Crippen LogP contribution < -0.4 is 0 Å². The molecule has 1 atom stereocenters. The van der Waals surface area contributed by atoms with E-state index in [1.54, 1.807) is 33.7 Å². The summed E-state index contributed by atoms with van der Waals surface area (Å²) in [5, 5.41) is 7.12. The lowest BCUT2D eigenvalue weighted by Gasteiger charge is -2.34. The summed E-state index contributed by atoms with van der Waals surface area (Å²) in [7, 11) is -3.68.